The molecule has 42 heavy (non-hydrogen) atoms. The van der Waals surface area contributed by atoms with Gasteiger partial charge in [0.15, 0.2) is 0 Å². The van der Waals surface area contributed by atoms with Gasteiger partial charge in [0.05, 0.1) is 35.1 Å². The number of nitrogens with one attached hydrogen (secondary N) is 1. The number of esters is 1. The van der Waals surface area contributed by atoms with Crippen molar-refractivity contribution in [1.29, 1.82) is 0 Å². The molecule has 3 aromatic rings. The van der Waals surface area contributed by atoms with Gasteiger partial charge in [0, 0.05) is 22.9 Å². The van der Waals surface area contributed by atoms with Gasteiger partial charge in [-0.2, -0.15) is 0 Å². The first-order chi connectivity index (χ1) is 20.0. The Morgan fingerprint density at radius 1 is 1.14 bits per heavy atom. The topological polar surface area (TPSA) is 126 Å². The molecule has 1 aromatic carbocycles. The Kier molecular flexibility index (Phi) is 7.83. The number of aryl methyl sites for hydroxylation is 2. The summed E-state index contributed by atoms with van der Waals surface area (Å²) in [5.74, 6) is -0.956. The predicted molar refractivity (Wildman–Crippen MR) is 156 cm³/mol. The Morgan fingerprint density at radius 2 is 1.90 bits per heavy atom. The number of benzene rings is 1. The van der Waals surface area contributed by atoms with Crippen LogP contribution in [0.3, 0.4) is 0 Å². The summed E-state index contributed by atoms with van der Waals surface area (Å²) < 4.78 is 18.2. The Balaban J connectivity index is 1.55. The maximum atomic E-state index is 13.9. The van der Waals surface area contributed by atoms with Gasteiger partial charge in [-0.1, -0.05) is 46.2 Å². The number of fused-ring (bicyclic) bond motifs is 5. The molecule has 0 spiro atoms. The second-order valence-electron chi connectivity index (χ2n) is 11.3. The number of amides is 1. The molecule has 0 saturated heterocycles. The highest BCUT2D eigenvalue weighted by atomic mass is 16.7. The van der Waals surface area contributed by atoms with Crippen LogP contribution < -0.4 is 10.9 Å². The van der Waals surface area contributed by atoms with Gasteiger partial charge in [0.25, 0.3) is 5.56 Å². The van der Waals surface area contributed by atoms with E-state index >= 15 is 0 Å². The van der Waals surface area contributed by atoms with E-state index in [9.17, 15) is 19.2 Å². The van der Waals surface area contributed by atoms with Crippen molar-refractivity contribution in [3.63, 3.8) is 0 Å². The third kappa shape index (κ3) is 4.82. The number of hydrogen-bond acceptors (Lipinski definition) is 8. The maximum absolute atomic E-state index is 13.9. The monoisotopic (exact) mass is 575 g/mol. The molecule has 1 N–H and O–H groups in total. The molecular formula is C32H37N3O7. The van der Waals surface area contributed by atoms with Crippen LogP contribution in [-0.4, -0.2) is 40.2 Å². The molecule has 0 saturated carbocycles. The van der Waals surface area contributed by atoms with E-state index in [1.807, 2.05) is 32.9 Å². The SMILES string of the molecule is CCC(=O)NC(COC(=O)OC1(CC)C(=O)OCc2c1cc1n(c2=O)Cc2c-1nc1ccc(C)cc1c2CC)C(C)C. The first-order valence-electron chi connectivity index (χ1n) is 14.6. The summed E-state index contributed by atoms with van der Waals surface area (Å²) in [6, 6.07) is 7.40. The molecule has 0 radical (unpaired) electrons. The van der Waals surface area contributed by atoms with Crippen molar-refractivity contribution in [2.24, 2.45) is 5.92 Å². The standard InChI is InChI=1S/C32H37N3O7/c1-7-19-20-12-18(6)10-11-24(20)34-28-21(19)14-35-26(28)13-23-22(29(35)37)15-40-30(38)32(23,9-3)42-31(39)41-16-25(17(4)5)33-27(36)8-2/h10-13,17,25H,7-9,14-16H2,1-6H3,(H,33,36). The first kappa shape index (κ1) is 29.3. The molecule has 2 aromatic heterocycles. The molecule has 5 rings (SSSR count). The van der Waals surface area contributed by atoms with E-state index in [0.717, 1.165) is 34.0 Å². The first-order valence-corrected chi connectivity index (χ1v) is 14.6. The van der Waals surface area contributed by atoms with Gasteiger partial charge in [-0.3, -0.25) is 9.59 Å². The van der Waals surface area contributed by atoms with Crippen LogP contribution in [-0.2, 0) is 49.0 Å². The van der Waals surface area contributed by atoms with E-state index in [-0.39, 0.29) is 48.1 Å². The number of carbonyl (C=O) groups is 3. The minimum atomic E-state index is -1.87. The normalized spacial score (nSPS) is 17.7. The lowest BCUT2D eigenvalue weighted by molar-refractivity contribution is -0.175. The molecule has 10 heteroatoms. The zero-order chi connectivity index (χ0) is 30.3. The van der Waals surface area contributed by atoms with Crippen LogP contribution in [0.4, 0.5) is 4.79 Å². The van der Waals surface area contributed by atoms with Crippen molar-refractivity contribution < 1.29 is 28.6 Å². The molecule has 0 aliphatic carbocycles. The molecule has 2 aliphatic heterocycles. The molecule has 0 fully saturated rings. The fraction of sp³-hybridized carbons (Fsp3) is 0.469. The van der Waals surface area contributed by atoms with Crippen LogP contribution in [0.1, 0.15) is 75.3 Å². The van der Waals surface area contributed by atoms with E-state index in [2.05, 4.69) is 18.3 Å². The summed E-state index contributed by atoms with van der Waals surface area (Å²) in [6.45, 7) is 11.3. The van der Waals surface area contributed by atoms with Gasteiger partial charge >= 0.3 is 12.1 Å². The summed E-state index contributed by atoms with van der Waals surface area (Å²) >= 11 is 0. The minimum Gasteiger partial charge on any atom is -0.457 e. The van der Waals surface area contributed by atoms with E-state index in [1.54, 1.807) is 24.5 Å². The molecule has 10 nitrogen and oxygen atoms in total. The summed E-state index contributed by atoms with van der Waals surface area (Å²) in [5.41, 5.74) is 3.66. The maximum Gasteiger partial charge on any atom is 0.509 e. The van der Waals surface area contributed by atoms with Crippen LogP contribution >= 0.6 is 0 Å². The fourth-order valence-electron chi connectivity index (χ4n) is 5.88. The van der Waals surface area contributed by atoms with E-state index < -0.39 is 23.8 Å². The average Bonchev–Trinajstić information content (AvgIpc) is 3.33. The lowest BCUT2D eigenvalue weighted by Crippen LogP contribution is -2.48. The number of aromatic nitrogens is 2. The third-order valence-corrected chi connectivity index (χ3v) is 8.39. The molecule has 222 valence electrons. The highest BCUT2D eigenvalue weighted by molar-refractivity contribution is 5.90. The third-order valence-electron chi connectivity index (χ3n) is 8.39. The minimum absolute atomic E-state index is 0.0167. The molecular weight excluding hydrogens is 538 g/mol. The molecule has 0 bridgehead atoms. The van der Waals surface area contributed by atoms with Gasteiger partial charge in [-0.25, -0.2) is 14.6 Å². The van der Waals surface area contributed by atoms with Gasteiger partial charge < -0.3 is 24.1 Å². The smallest absolute Gasteiger partial charge is 0.457 e. The van der Waals surface area contributed by atoms with Crippen molar-refractivity contribution in [3.05, 3.63) is 62.4 Å². The number of ether oxygens (including phenoxy) is 3. The van der Waals surface area contributed by atoms with E-state index in [1.165, 1.54) is 0 Å². The summed E-state index contributed by atoms with van der Waals surface area (Å²) in [6.07, 6.45) is -0.0120. The van der Waals surface area contributed by atoms with Crippen LogP contribution in [0, 0.1) is 12.8 Å². The number of pyridine rings is 2. The quantitative estimate of drug-likeness (QED) is 0.301. The van der Waals surface area contributed by atoms with E-state index in [0.29, 0.717) is 24.4 Å². The van der Waals surface area contributed by atoms with Crippen LogP contribution in [0.15, 0.2) is 29.1 Å². The van der Waals surface area contributed by atoms with Crippen molar-refractivity contribution in [1.82, 2.24) is 14.9 Å². The van der Waals surface area contributed by atoms with Gasteiger partial charge in [0.2, 0.25) is 11.5 Å². The van der Waals surface area contributed by atoms with Gasteiger partial charge in [0.1, 0.15) is 13.2 Å². The Labute approximate surface area is 244 Å². The van der Waals surface area contributed by atoms with E-state index in [4.69, 9.17) is 19.2 Å². The summed E-state index contributed by atoms with van der Waals surface area (Å²) in [7, 11) is 0. The van der Waals surface area contributed by atoms with Gasteiger partial charge in [-0.05, 0) is 49.4 Å². The van der Waals surface area contributed by atoms with Crippen LogP contribution in [0.5, 0.6) is 0 Å². The number of rotatable bonds is 8. The second kappa shape index (κ2) is 11.2. The Morgan fingerprint density at radius 3 is 2.57 bits per heavy atom. The van der Waals surface area contributed by atoms with Crippen molar-refractivity contribution >= 4 is 28.9 Å². The molecule has 1 amide bonds. The van der Waals surface area contributed by atoms with Gasteiger partial charge in [-0.15, -0.1) is 0 Å². The molecule has 2 unspecified atom stereocenters. The number of hydrogen-bond donors (Lipinski definition) is 1. The van der Waals surface area contributed by atoms with Crippen molar-refractivity contribution in [2.45, 2.75) is 85.6 Å². The largest absolute Gasteiger partial charge is 0.509 e. The highest BCUT2D eigenvalue weighted by Crippen LogP contribution is 2.42. The Bertz CT molecular complexity index is 1660. The summed E-state index contributed by atoms with van der Waals surface area (Å²) in [5, 5.41) is 3.89. The zero-order valence-corrected chi connectivity index (χ0v) is 25.0. The average molecular weight is 576 g/mol. The predicted octanol–water partition coefficient (Wildman–Crippen LogP) is 4.66. The number of nitrogens with zero attached hydrogens (tertiary/aromatic N) is 2. The lowest BCUT2D eigenvalue weighted by atomic mass is 9.85. The molecule has 4 heterocycles. The van der Waals surface area contributed by atoms with Crippen LogP contribution in [0.2, 0.25) is 0 Å². The lowest BCUT2D eigenvalue weighted by Gasteiger charge is -2.35. The molecule has 2 aliphatic rings. The van der Waals surface area contributed by atoms with Crippen molar-refractivity contribution in [2.75, 3.05) is 6.61 Å². The van der Waals surface area contributed by atoms with Crippen molar-refractivity contribution in [3.8, 4) is 11.4 Å². The Hall–Kier alpha value is -4.21. The fourth-order valence-corrected chi connectivity index (χ4v) is 5.88. The number of cyclic esters (lactones) is 1. The van der Waals surface area contributed by atoms with Crippen LogP contribution in [0.25, 0.3) is 22.3 Å². The zero-order valence-electron chi connectivity index (χ0n) is 25.0. The second-order valence-corrected chi connectivity index (χ2v) is 11.3. The summed E-state index contributed by atoms with van der Waals surface area (Å²) in [4.78, 5) is 57.1. The molecule has 2 atom stereocenters. The number of carbonyl (C=O) groups excluding carboxylic acids is 3. The highest BCUT2D eigenvalue weighted by Gasteiger charge is 2.51.